The molecule has 4 rings (SSSR count). The maximum absolute atomic E-state index is 13.2. The number of amides is 1. The van der Waals surface area contributed by atoms with Crippen LogP contribution in [0.4, 0.5) is 0 Å². The van der Waals surface area contributed by atoms with Gasteiger partial charge >= 0.3 is 0 Å². The van der Waals surface area contributed by atoms with E-state index in [9.17, 15) is 4.79 Å². The highest BCUT2D eigenvalue weighted by Crippen LogP contribution is 2.17. The minimum atomic E-state index is 0.209. The number of morpholine rings is 1. The number of hydrogen-bond acceptors (Lipinski definition) is 4. The number of hydrogen-bond donors (Lipinski definition) is 0. The number of ether oxygens (including phenoxy) is 2. The van der Waals surface area contributed by atoms with Crippen LogP contribution in [0.1, 0.15) is 29.5 Å². The summed E-state index contributed by atoms with van der Waals surface area (Å²) >= 11 is 0. The van der Waals surface area contributed by atoms with Crippen molar-refractivity contribution in [3.8, 4) is 5.75 Å². The summed E-state index contributed by atoms with van der Waals surface area (Å²) in [6, 6.07) is 28.5. The van der Waals surface area contributed by atoms with Gasteiger partial charge in [0, 0.05) is 39.1 Å². The first kappa shape index (κ1) is 25.0. The molecule has 0 unspecified atom stereocenters. The summed E-state index contributed by atoms with van der Waals surface area (Å²) in [4.78, 5) is 17.6. The lowest BCUT2D eigenvalue weighted by atomic mass is 10.1. The van der Waals surface area contributed by atoms with Crippen LogP contribution in [0.25, 0.3) is 0 Å². The van der Waals surface area contributed by atoms with Gasteiger partial charge in [-0.3, -0.25) is 9.69 Å². The summed E-state index contributed by atoms with van der Waals surface area (Å²) in [5, 5.41) is 0. The third-order valence-electron chi connectivity index (χ3n) is 6.37. The largest absolute Gasteiger partial charge is 0.489 e. The second-order valence-corrected chi connectivity index (χ2v) is 9.03. The molecule has 1 aliphatic heterocycles. The molecule has 0 bridgehead atoms. The van der Waals surface area contributed by atoms with Crippen molar-refractivity contribution >= 4 is 5.91 Å². The van der Waals surface area contributed by atoms with Gasteiger partial charge in [0.2, 0.25) is 5.91 Å². The molecule has 0 saturated carbocycles. The smallest absolute Gasteiger partial charge is 0.223 e. The van der Waals surface area contributed by atoms with Crippen LogP contribution in [0.2, 0.25) is 0 Å². The van der Waals surface area contributed by atoms with Crippen LogP contribution in [0.3, 0.4) is 0 Å². The van der Waals surface area contributed by atoms with E-state index in [4.69, 9.17) is 9.47 Å². The summed E-state index contributed by atoms with van der Waals surface area (Å²) in [5.41, 5.74) is 3.47. The van der Waals surface area contributed by atoms with Crippen LogP contribution in [0.5, 0.6) is 5.75 Å². The highest BCUT2D eigenvalue weighted by Gasteiger charge is 2.16. The Balaban J connectivity index is 1.32. The maximum Gasteiger partial charge on any atom is 0.223 e. The zero-order valence-corrected chi connectivity index (χ0v) is 20.5. The Morgan fingerprint density at radius 3 is 2.17 bits per heavy atom. The van der Waals surface area contributed by atoms with Crippen molar-refractivity contribution in [2.75, 3.05) is 39.4 Å². The number of rotatable bonds is 12. The Hall–Kier alpha value is -3.15. The number of benzene rings is 3. The van der Waals surface area contributed by atoms with Crippen LogP contribution in [0.15, 0.2) is 84.9 Å². The summed E-state index contributed by atoms with van der Waals surface area (Å²) < 4.78 is 11.4. The highest BCUT2D eigenvalue weighted by atomic mass is 16.5. The molecule has 184 valence electrons. The van der Waals surface area contributed by atoms with E-state index in [2.05, 4.69) is 41.3 Å². The Morgan fingerprint density at radius 2 is 1.49 bits per heavy atom. The van der Waals surface area contributed by atoms with Gasteiger partial charge in [0.1, 0.15) is 12.4 Å². The topological polar surface area (TPSA) is 42.0 Å². The molecular formula is C30H36N2O3. The molecular weight excluding hydrogens is 436 g/mol. The van der Waals surface area contributed by atoms with E-state index >= 15 is 0 Å². The second kappa shape index (κ2) is 13.7. The molecule has 0 N–H and O–H groups in total. The minimum absolute atomic E-state index is 0.209. The van der Waals surface area contributed by atoms with Gasteiger partial charge in [0.15, 0.2) is 0 Å². The number of nitrogens with zero attached hydrogens (tertiary/aromatic N) is 2. The zero-order chi connectivity index (χ0) is 24.1. The fourth-order valence-corrected chi connectivity index (χ4v) is 4.31. The molecule has 5 nitrogen and oxygen atoms in total. The standard InChI is InChI=1S/C30H36N2O3/c33-30(17-14-26-8-3-1-4-9-26)32(19-7-18-31-20-22-34-23-21-31)24-27-12-15-29(16-13-27)35-25-28-10-5-2-6-11-28/h1-6,8-13,15-16H,7,14,17-25H2. The summed E-state index contributed by atoms with van der Waals surface area (Å²) in [5.74, 6) is 1.05. The van der Waals surface area contributed by atoms with Gasteiger partial charge in [0.25, 0.3) is 0 Å². The first-order valence-electron chi connectivity index (χ1n) is 12.6. The normalized spacial score (nSPS) is 13.9. The van der Waals surface area contributed by atoms with Crippen LogP contribution in [0, 0.1) is 0 Å². The van der Waals surface area contributed by atoms with Gasteiger partial charge in [0.05, 0.1) is 13.2 Å². The van der Waals surface area contributed by atoms with Crippen LogP contribution < -0.4 is 4.74 Å². The van der Waals surface area contributed by atoms with Crippen LogP contribution >= 0.6 is 0 Å². The monoisotopic (exact) mass is 472 g/mol. The van der Waals surface area contributed by atoms with Gasteiger partial charge in [-0.05, 0) is 41.7 Å². The third kappa shape index (κ3) is 8.53. The van der Waals surface area contributed by atoms with Gasteiger partial charge in [-0.1, -0.05) is 72.8 Å². The molecule has 5 heteroatoms. The van der Waals surface area contributed by atoms with Gasteiger partial charge < -0.3 is 14.4 Å². The van der Waals surface area contributed by atoms with E-state index in [0.29, 0.717) is 19.6 Å². The summed E-state index contributed by atoms with van der Waals surface area (Å²) in [6.07, 6.45) is 2.26. The third-order valence-corrected chi connectivity index (χ3v) is 6.37. The number of aryl methyl sites for hydroxylation is 1. The molecule has 1 amide bonds. The molecule has 35 heavy (non-hydrogen) atoms. The highest BCUT2D eigenvalue weighted by molar-refractivity contribution is 5.76. The molecule has 3 aromatic rings. The molecule has 1 heterocycles. The second-order valence-electron chi connectivity index (χ2n) is 9.03. The van der Waals surface area contributed by atoms with E-state index in [1.807, 2.05) is 53.4 Å². The average Bonchev–Trinajstić information content (AvgIpc) is 2.92. The zero-order valence-electron chi connectivity index (χ0n) is 20.5. The molecule has 1 aliphatic rings. The SMILES string of the molecule is O=C(CCc1ccccc1)N(CCCN1CCOCC1)Cc1ccc(OCc2ccccc2)cc1. The van der Waals surface area contributed by atoms with Gasteiger partial charge in [-0.15, -0.1) is 0 Å². The van der Waals surface area contributed by atoms with E-state index in [0.717, 1.165) is 69.1 Å². The molecule has 0 atom stereocenters. The van der Waals surface area contributed by atoms with Crippen molar-refractivity contribution in [1.82, 2.24) is 9.80 Å². The van der Waals surface area contributed by atoms with Crippen molar-refractivity contribution in [2.24, 2.45) is 0 Å². The average molecular weight is 473 g/mol. The van der Waals surface area contributed by atoms with Crippen LogP contribution in [-0.4, -0.2) is 55.1 Å². The van der Waals surface area contributed by atoms with Crippen molar-refractivity contribution in [2.45, 2.75) is 32.4 Å². The van der Waals surface area contributed by atoms with Crippen molar-refractivity contribution in [3.63, 3.8) is 0 Å². The van der Waals surface area contributed by atoms with E-state index in [-0.39, 0.29) is 5.91 Å². The quantitative estimate of drug-likeness (QED) is 0.374. The number of carbonyl (C=O) groups is 1. The van der Waals surface area contributed by atoms with Crippen molar-refractivity contribution in [1.29, 1.82) is 0 Å². The Bertz CT molecular complexity index is 1000. The van der Waals surface area contributed by atoms with E-state index < -0.39 is 0 Å². The Kier molecular flexibility index (Phi) is 9.74. The predicted molar refractivity (Wildman–Crippen MR) is 139 cm³/mol. The lowest BCUT2D eigenvalue weighted by Crippen LogP contribution is -2.39. The molecule has 0 radical (unpaired) electrons. The lowest BCUT2D eigenvalue weighted by molar-refractivity contribution is -0.132. The predicted octanol–water partition coefficient (Wildman–Crippen LogP) is 4.95. The molecule has 3 aromatic carbocycles. The number of carbonyl (C=O) groups excluding carboxylic acids is 1. The Labute approximate surface area is 209 Å². The van der Waals surface area contributed by atoms with E-state index in [1.54, 1.807) is 0 Å². The molecule has 0 aromatic heterocycles. The fraction of sp³-hybridized carbons (Fsp3) is 0.367. The first-order valence-corrected chi connectivity index (χ1v) is 12.6. The first-order chi connectivity index (χ1) is 17.3. The summed E-state index contributed by atoms with van der Waals surface area (Å²) in [6.45, 7) is 6.49. The molecule has 1 saturated heterocycles. The van der Waals surface area contributed by atoms with Crippen molar-refractivity contribution < 1.29 is 14.3 Å². The minimum Gasteiger partial charge on any atom is -0.489 e. The molecule has 1 fully saturated rings. The molecule has 0 aliphatic carbocycles. The van der Waals surface area contributed by atoms with Gasteiger partial charge in [-0.2, -0.15) is 0 Å². The summed E-state index contributed by atoms with van der Waals surface area (Å²) in [7, 11) is 0. The van der Waals surface area contributed by atoms with Crippen LogP contribution in [-0.2, 0) is 29.1 Å². The fourth-order valence-electron chi connectivity index (χ4n) is 4.31. The van der Waals surface area contributed by atoms with E-state index in [1.165, 1.54) is 5.56 Å². The maximum atomic E-state index is 13.2. The van der Waals surface area contributed by atoms with Gasteiger partial charge in [-0.25, -0.2) is 0 Å². The lowest BCUT2D eigenvalue weighted by Gasteiger charge is -2.28. The molecule has 0 spiro atoms. The van der Waals surface area contributed by atoms with Crippen molar-refractivity contribution in [3.05, 3.63) is 102 Å². The Morgan fingerprint density at radius 1 is 0.829 bits per heavy atom.